The van der Waals surface area contributed by atoms with Crippen LogP contribution in [0.1, 0.15) is 22.8 Å². The first-order chi connectivity index (χ1) is 13.6. The first-order valence-corrected chi connectivity index (χ1v) is 9.25. The fraction of sp³-hybridized carbons (Fsp3) is 0.174. The van der Waals surface area contributed by atoms with Gasteiger partial charge in [0.05, 0.1) is 5.56 Å². The SMILES string of the molecule is CC1(c2cccc(OCCOc3ccccc3)c2)NC(=O)c2ccccc2N1. The van der Waals surface area contributed by atoms with Gasteiger partial charge in [0.25, 0.3) is 5.91 Å². The quantitative estimate of drug-likeness (QED) is 0.636. The zero-order chi connectivity index (χ0) is 19.4. The van der Waals surface area contributed by atoms with Gasteiger partial charge in [-0.05, 0) is 43.3 Å². The molecule has 142 valence electrons. The van der Waals surface area contributed by atoms with Crippen molar-refractivity contribution in [1.82, 2.24) is 5.32 Å². The number of carbonyl (C=O) groups is 1. The molecule has 1 heterocycles. The van der Waals surface area contributed by atoms with Crippen LogP contribution in [0.4, 0.5) is 5.69 Å². The number of amides is 1. The van der Waals surface area contributed by atoms with Crippen molar-refractivity contribution in [3.8, 4) is 11.5 Å². The van der Waals surface area contributed by atoms with Crippen molar-refractivity contribution in [3.05, 3.63) is 90.0 Å². The van der Waals surface area contributed by atoms with E-state index in [0.717, 1.165) is 22.7 Å². The lowest BCUT2D eigenvalue weighted by Crippen LogP contribution is -2.52. The van der Waals surface area contributed by atoms with E-state index in [1.165, 1.54) is 0 Å². The highest BCUT2D eigenvalue weighted by Crippen LogP contribution is 2.32. The fourth-order valence-corrected chi connectivity index (χ4v) is 3.26. The van der Waals surface area contributed by atoms with Gasteiger partial charge in [-0.3, -0.25) is 4.79 Å². The van der Waals surface area contributed by atoms with Gasteiger partial charge in [-0.25, -0.2) is 0 Å². The molecule has 0 bridgehead atoms. The van der Waals surface area contributed by atoms with Crippen LogP contribution in [-0.2, 0) is 5.66 Å². The molecular formula is C23H22N2O3. The van der Waals surface area contributed by atoms with Crippen LogP contribution in [0.25, 0.3) is 0 Å². The summed E-state index contributed by atoms with van der Waals surface area (Å²) < 4.78 is 11.5. The molecule has 1 amide bonds. The highest BCUT2D eigenvalue weighted by atomic mass is 16.5. The Kier molecular flexibility index (Phi) is 4.89. The summed E-state index contributed by atoms with van der Waals surface area (Å²) in [5, 5.41) is 6.47. The Morgan fingerprint density at radius 2 is 1.46 bits per heavy atom. The Hall–Kier alpha value is -3.47. The predicted octanol–water partition coefficient (Wildman–Crippen LogP) is 4.17. The highest BCUT2D eigenvalue weighted by Gasteiger charge is 2.34. The first kappa shape index (κ1) is 17.9. The maximum absolute atomic E-state index is 12.5. The molecule has 2 N–H and O–H groups in total. The van der Waals surface area contributed by atoms with E-state index in [1.54, 1.807) is 0 Å². The second kappa shape index (κ2) is 7.64. The number of rotatable bonds is 6. The number of anilines is 1. The van der Waals surface area contributed by atoms with Crippen molar-refractivity contribution in [1.29, 1.82) is 0 Å². The molecule has 0 saturated heterocycles. The van der Waals surface area contributed by atoms with Gasteiger partial charge >= 0.3 is 0 Å². The molecule has 1 aliphatic rings. The van der Waals surface area contributed by atoms with Gasteiger partial charge < -0.3 is 20.1 Å². The van der Waals surface area contributed by atoms with Crippen molar-refractivity contribution in [2.24, 2.45) is 0 Å². The second-order valence-corrected chi connectivity index (χ2v) is 6.79. The van der Waals surface area contributed by atoms with Crippen molar-refractivity contribution < 1.29 is 14.3 Å². The van der Waals surface area contributed by atoms with Crippen LogP contribution in [0.15, 0.2) is 78.9 Å². The zero-order valence-corrected chi connectivity index (χ0v) is 15.6. The number of ether oxygens (including phenoxy) is 2. The normalized spacial score (nSPS) is 17.8. The van der Waals surface area contributed by atoms with Crippen molar-refractivity contribution in [2.45, 2.75) is 12.6 Å². The Labute approximate surface area is 164 Å². The van der Waals surface area contributed by atoms with Gasteiger partial charge in [-0.15, -0.1) is 0 Å². The third kappa shape index (κ3) is 3.78. The van der Waals surface area contributed by atoms with Crippen molar-refractivity contribution in [2.75, 3.05) is 18.5 Å². The van der Waals surface area contributed by atoms with E-state index < -0.39 is 5.66 Å². The molecule has 0 spiro atoms. The largest absolute Gasteiger partial charge is 0.490 e. The number of para-hydroxylation sites is 2. The summed E-state index contributed by atoms with van der Waals surface area (Å²) in [6, 6.07) is 24.9. The second-order valence-electron chi connectivity index (χ2n) is 6.79. The molecule has 0 aliphatic carbocycles. The Balaban J connectivity index is 1.43. The first-order valence-electron chi connectivity index (χ1n) is 9.25. The standard InChI is InChI=1S/C23H22N2O3/c1-23(24-21-13-6-5-12-20(21)22(26)25-23)17-8-7-11-19(16-17)28-15-14-27-18-9-3-2-4-10-18/h2-13,16,24H,14-15H2,1H3,(H,25,26). The Morgan fingerprint density at radius 3 is 2.29 bits per heavy atom. The summed E-state index contributed by atoms with van der Waals surface area (Å²) >= 11 is 0. The molecule has 0 aromatic heterocycles. The smallest absolute Gasteiger partial charge is 0.255 e. The van der Waals surface area contributed by atoms with E-state index in [2.05, 4.69) is 10.6 Å². The summed E-state index contributed by atoms with van der Waals surface area (Å²) in [4.78, 5) is 12.5. The molecule has 0 fully saturated rings. The van der Waals surface area contributed by atoms with E-state index in [9.17, 15) is 4.79 Å². The van der Waals surface area contributed by atoms with Gasteiger partial charge in [0, 0.05) is 11.3 Å². The van der Waals surface area contributed by atoms with Crippen LogP contribution in [0.3, 0.4) is 0 Å². The predicted molar refractivity (Wildman–Crippen MR) is 109 cm³/mol. The van der Waals surface area contributed by atoms with Crippen LogP contribution in [0.2, 0.25) is 0 Å². The molecule has 28 heavy (non-hydrogen) atoms. The molecule has 5 nitrogen and oxygen atoms in total. The number of fused-ring (bicyclic) bond motifs is 1. The molecule has 0 saturated carbocycles. The van der Waals surface area contributed by atoms with E-state index in [1.807, 2.05) is 85.8 Å². The topological polar surface area (TPSA) is 59.6 Å². The minimum Gasteiger partial charge on any atom is -0.490 e. The summed E-state index contributed by atoms with van der Waals surface area (Å²) in [7, 11) is 0. The van der Waals surface area contributed by atoms with Crippen LogP contribution in [0.5, 0.6) is 11.5 Å². The number of carbonyl (C=O) groups excluding carboxylic acids is 1. The van der Waals surface area contributed by atoms with Gasteiger partial charge in [0.2, 0.25) is 0 Å². The third-order valence-electron chi connectivity index (χ3n) is 4.70. The Morgan fingerprint density at radius 1 is 0.786 bits per heavy atom. The van der Waals surface area contributed by atoms with Crippen LogP contribution in [-0.4, -0.2) is 19.1 Å². The molecule has 3 aromatic rings. The van der Waals surface area contributed by atoms with Gasteiger partial charge in [-0.2, -0.15) is 0 Å². The monoisotopic (exact) mass is 374 g/mol. The molecule has 1 atom stereocenters. The van der Waals surface area contributed by atoms with Gasteiger partial charge in [0.15, 0.2) is 0 Å². The van der Waals surface area contributed by atoms with Crippen LogP contribution in [0, 0.1) is 0 Å². The molecule has 1 aliphatic heterocycles. The Bertz CT molecular complexity index is 974. The van der Waals surface area contributed by atoms with Crippen LogP contribution >= 0.6 is 0 Å². The minimum absolute atomic E-state index is 0.0977. The van der Waals surface area contributed by atoms with E-state index in [-0.39, 0.29) is 5.91 Å². The van der Waals surface area contributed by atoms with Crippen LogP contribution < -0.4 is 20.1 Å². The fourth-order valence-electron chi connectivity index (χ4n) is 3.26. The molecular weight excluding hydrogens is 352 g/mol. The summed E-state index contributed by atoms with van der Waals surface area (Å²) in [6.45, 7) is 2.82. The number of hydrogen-bond acceptors (Lipinski definition) is 4. The minimum atomic E-state index is -0.717. The maximum Gasteiger partial charge on any atom is 0.255 e. The van der Waals surface area contributed by atoms with E-state index in [0.29, 0.717) is 18.8 Å². The summed E-state index contributed by atoms with van der Waals surface area (Å²) in [6.07, 6.45) is 0. The number of hydrogen-bond donors (Lipinski definition) is 2. The average Bonchev–Trinajstić information content (AvgIpc) is 2.72. The maximum atomic E-state index is 12.5. The average molecular weight is 374 g/mol. The lowest BCUT2D eigenvalue weighted by Gasteiger charge is -2.38. The molecule has 0 radical (unpaired) electrons. The van der Waals surface area contributed by atoms with Crippen molar-refractivity contribution >= 4 is 11.6 Å². The zero-order valence-electron chi connectivity index (χ0n) is 15.6. The lowest BCUT2D eigenvalue weighted by atomic mass is 9.96. The van der Waals surface area contributed by atoms with Gasteiger partial charge in [-0.1, -0.05) is 42.5 Å². The third-order valence-corrected chi connectivity index (χ3v) is 4.70. The lowest BCUT2D eigenvalue weighted by molar-refractivity contribution is 0.0906. The summed E-state index contributed by atoms with van der Waals surface area (Å²) in [5.41, 5.74) is 1.66. The number of nitrogens with one attached hydrogen (secondary N) is 2. The summed E-state index contributed by atoms with van der Waals surface area (Å²) in [5.74, 6) is 1.45. The molecule has 3 aromatic carbocycles. The van der Waals surface area contributed by atoms with Gasteiger partial charge in [0.1, 0.15) is 30.4 Å². The molecule has 1 unspecified atom stereocenters. The van der Waals surface area contributed by atoms with Crippen molar-refractivity contribution in [3.63, 3.8) is 0 Å². The molecule has 5 heteroatoms. The van der Waals surface area contributed by atoms with E-state index in [4.69, 9.17) is 9.47 Å². The molecule has 4 rings (SSSR count). The highest BCUT2D eigenvalue weighted by molar-refractivity contribution is 6.02. The van der Waals surface area contributed by atoms with E-state index >= 15 is 0 Å². The number of benzene rings is 3.